The molecular weight excluding hydrogens is 396 g/mol. The highest BCUT2D eigenvalue weighted by atomic mass is 19.3. The van der Waals surface area contributed by atoms with E-state index in [2.05, 4.69) is 40.2 Å². The van der Waals surface area contributed by atoms with Crippen molar-refractivity contribution >= 4 is 17.1 Å². The van der Waals surface area contributed by atoms with Crippen LogP contribution in [0.25, 0.3) is 5.57 Å². The fourth-order valence-electron chi connectivity index (χ4n) is 5.21. The van der Waals surface area contributed by atoms with E-state index in [-0.39, 0.29) is 17.0 Å². The summed E-state index contributed by atoms with van der Waals surface area (Å²) in [5, 5.41) is 4.22. The highest BCUT2D eigenvalue weighted by Crippen LogP contribution is 2.51. The first-order chi connectivity index (χ1) is 15.0. The number of hydrogen-bond donors (Lipinski definition) is 2. The summed E-state index contributed by atoms with van der Waals surface area (Å²) in [6.45, 7) is 6.29. The van der Waals surface area contributed by atoms with Crippen molar-refractivity contribution in [3.05, 3.63) is 65.4 Å². The lowest BCUT2D eigenvalue weighted by Gasteiger charge is -2.42. The van der Waals surface area contributed by atoms with Gasteiger partial charge in [0.1, 0.15) is 5.82 Å². The molecule has 1 saturated heterocycles. The summed E-state index contributed by atoms with van der Waals surface area (Å²) in [5.41, 5.74) is 14.0. The standard InChI is InChI=1S/C24H27F2N5/c1-15(19-6-9-28-30-19)20-12-17(23(25)26)13-21(29-20)31-10-7-24(8-11-31)14-16-4-2-3-5-18(16)22(24)27/h2-5,12-13,22-23,28H,1,6-11,14,27H2/t22-/m1/s1. The maximum Gasteiger partial charge on any atom is 0.264 e. The zero-order chi connectivity index (χ0) is 21.6. The van der Waals surface area contributed by atoms with E-state index in [1.54, 1.807) is 0 Å². The Hall–Kier alpha value is -2.80. The molecule has 3 heterocycles. The molecular formula is C24H27F2N5. The Morgan fingerprint density at radius 1 is 1.23 bits per heavy atom. The van der Waals surface area contributed by atoms with Gasteiger partial charge in [-0.25, -0.2) is 13.8 Å². The second kappa shape index (κ2) is 7.71. The molecule has 0 saturated carbocycles. The molecule has 1 spiro atoms. The number of nitrogens with zero attached hydrogens (tertiary/aromatic N) is 3. The summed E-state index contributed by atoms with van der Waals surface area (Å²) >= 11 is 0. The summed E-state index contributed by atoms with van der Waals surface area (Å²) in [5.74, 6) is 0.583. The third-order valence-electron chi connectivity index (χ3n) is 7.11. The molecule has 2 aliphatic heterocycles. The molecule has 5 rings (SSSR count). The Labute approximate surface area is 181 Å². The molecule has 0 radical (unpaired) electrons. The van der Waals surface area contributed by atoms with Crippen LogP contribution in [0.5, 0.6) is 0 Å². The highest BCUT2D eigenvalue weighted by molar-refractivity contribution is 6.23. The normalized spacial score (nSPS) is 21.9. The molecule has 0 bridgehead atoms. The zero-order valence-electron chi connectivity index (χ0n) is 17.5. The van der Waals surface area contributed by atoms with Crippen LogP contribution < -0.4 is 16.1 Å². The molecule has 1 aliphatic carbocycles. The van der Waals surface area contributed by atoms with Crippen LogP contribution in [0.1, 0.15) is 54.1 Å². The molecule has 1 aromatic carbocycles. The number of piperidine rings is 1. The SMILES string of the molecule is C=C(C1=NNCC1)c1cc(C(F)F)cc(N2CCC3(CC2)Cc2ccccc2[C@H]3N)n1. The number of fused-ring (bicyclic) bond motifs is 1. The van der Waals surface area contributed by atoms with E-state index in [0.29, 0.717) is 17.1 Å². The molecule has 0 unspecified atom stereocenters. The molecule has 5 nitrogen and oxygen atoms in total. The van der Waals surface area contributed by atoms with E-state index in [4.69, 9.17) is 10.7 Å². The molecule has 162 valence electrons. The Balaban J connectivity index is 1.38. The summed E-state index contributed by atoms with van der Waals surface area (Å²) in [6, 6.07) is 11.4. The third-order valence-corrected chi connectivity index (χ3v) is 7.11. The van der Waals surface area contributed by atoms with Crippen LogP contribution in [0, 0.1) is 5.41 Å². The number of anilines is 1. The number of halogens is 2. The van der Waals surface area contributed by atoms with Gasteiger partial charge in [0.15, 0.2) is 0 Å². The number of nitrogens with one attached hydrogen (secondary N) is 1. The fraction of sp³-hybridized carbons (Fsp3) is 0.417. The number of pyridine rings is 1. The van der Waals surface area contributed by atoms with Gasteiger partial charge < -0.3 is 16.1 Å². The smallest absolute Gasteiger partial charge is 0.264 e. The van der Waals surface area contributed by atoms with E-state index in [1.165, 1.54) is 23.3 Å². The van der Waals surface area contributed by atoms with Crippen molar-refractivity contribution in [3.8, 4) is 0 Å². The molecule has 7 heteroatoms. The molecule has 0 amide bonds. The highest BCUT2D eigenvalue weighted by Gasteiger charge is 2.45. The van der Waals surface area contributed by atoms with Crippen LogP contribution in [-0.2, 0) is 6.42 Å². The predicted molar refractivity (Wildman–Crippen MR) is 119 cm³/mol. The summed E-state index contributed by atoms with van der Waals surface area (Å²) in [4.78, 5) is 6.82. The second-order valence-corrected chi connectivity index (χ2v) is 8.84. The molecule has 2 aromatic rings. The minimum Gasteiger partial charge on any atom is -0.357 e. The first kappa shape index (κ1) is 20.1. The van der Waals surface area contributed by atoms with Crippen LogP contribution in [0.4, 0.5) is 14.6 Å². The van der Waals surface area contributed by atoms with Crippen molar-refractivity contribution < 1.29 is 8.78 Å². The summed E-state index contributed by atoms with van der Waals surface area (Å²) in [6.07, 6.45) is 0.967. The van der Waals surface area contributed by atoms with Crippen molar-refractivity contribution in [3.63, 3.8) is 0 Å². The first-order valence-corrected chi connectivity index (χ1v) is 10.8. The van der Waals surface area contributed by atoms with Crippen molar-refractivity contribution in [2.24, 2.45) is 16.3 Å². The van der Waals surface area contributed by atoms with E-state index in [1.807, 2.05) is 6.07 Å². The van der Waals surface area contributed by atoms with Gasteiger partial charge >= 0.3 is 0 Å². The van der Waals surface area contributed by atoms with E-state index >= 15 is 0 Å². The molecule has 1 aromatic heterocycles. The number of rotatable bonds is 4. The largest absolute Gasteiger partial charge is 0.357 e. The van der Waals surface area contributed by atoms with Crippen LogP contribution >= 0.6 is 0 Å². The number of hydrazone groups is 1. The Morgan fingerprint density at radius 3 is 2.68 bits per heavy atom. The van der Waals surface area contributed by atoms with Gasteiger partial charge in [0.25, 0.3) is 6.43 Å². The van der Waals surface area contributed by atoms with E-state index < -0.39 is 6.43 Å². The van der Waals surface area contributed by atoms with Gasteiger partial charge in [0.2, 0.25) is 0 Å². The lowest BCUT2D eigenvalue weighted by Crippen LogP contribution is -2.44. The van der Waals surface area contributed by atoms with Gasteiger partial charge in [-0.05, 0) is 47.9 Å². The Kier molecular flexibility index (Phi) is 5.01. The fourth-order valence-corrected chi connectivity index (χ4v) is 5.21. The van der Waals surface area contributed by atoms with Crippen molar-refractivity contribution in [2.75, 3.05) is 24.5 Å². The van der Waals surface area contributed by atoms with Crippen LogP contribution in [0.15, 0.2) is 48.1 Å². The minimum atomic E-state index is -2.56. The lowest BCUT2D eigenvalue weighted by atomic mass is 9.73. The Bertz CT molecular complexity index is 1040. The van der Waals surface area contributed by atoms with Crippen LogP contribution in [0.3, 0.4) is 0 Å². The predicted octanol–water partition coefficient (Wildman–Crippen LogP) is 4.22. The van der Waals surface area contributed by atoms with Crippen LogP contribution in [-0.4, -0.2) is 30.3 Å². The minimum absolute atomic E-state index is 0.0226. The number of hydrogen-bond acceptors (Lipinski definition) is 5. The number of allylic oxidation sites excluding steroid dienone is 1. The summed E-state index contributed by atoms with van der Waals surface area (Å²) < 4.78 is 27.3. The van der Waals surface area contributed by atoms with Gasteiger partial charge in [0.05, 0.1) is 11.4 Å². The average molecular weight is 424 g/mol. The number of aromatic nitrogens is 1. The topological polar surface area (TPSA) is 66.5 Å². The Morgan fingerprint density at radius 2 is 2.00 bits per heavy atom. The van der Waals surface area contributed by atoms with Crippen molar-refractivity contribution in [2.45, 2.75) is 38.2 Å². The van der Waals surface area contributed by atoms with Crippen LogP contribution in [0.2, 0.25) is 0 Å². The monoisotopic (exact) mass is 423 g/mol. The quantitative estimate of drug-likeness (QED) is 0.773. The molecule has 3 N–H and O–H groups in total. The summed E-state index contributed by atoms with van der Waals surface area (Å²) in [7, 11) is 0. The van der Waals surface area contributed by atoms with E-state index in [0.717, 1.165) is 51.0 Å². The van der Waals surface area contributed by atoms with Gasteiger partial charge in [0, 0.05) is 43.2 Å². The molecule has 3 aliphatic rings. The van der Waals surface area contributed by atoms with Crippen molar-refractivity contribution in [1.82, 2.24) is 10.4 Å². The average Bonchev–Trinajstić information content (AvgIpc) is 3.41. The van der Waals surface area contributed by atoms with Crippen molar-refractivity contribution in [1.29, 1.82) is 0 Å². The lowest BCUT2D eigenvalue weighted by molar-refractivity contribution is 0.151. The maximum atomic E-state index is 13.6. The first-order valence-electron chi connectivity index (χ1n) is 10.8. The second-order valence-electron chi connectivity index (χ2n) is 8.84. The van der Waals surface area contributed by atoms with Gasteiger partial charge in [-0.3, -0.25) is 0 Å². The zero-order valence-corrected chi connectivity index (χ0v) is 17.5. The van der Waals surface area contributed by atoms with Gasteiger partial charge in [-0.15, -0.1) is 0 Å². The number of nitrogens with two attached hydrogens (primary N) is 1. The molecule has 31 heavy (non-hydrogen) atoms. The maximum absolute atomic E-state index is 13.6. The molecule has 1 atom stereocenters. The molecule has 1 fully saturated rings. The van der Waals surface area contributed by atoms with Gasteiger partial charge in [-0.2, -0.15) is 5.10 Å². The van der Waals surface area contributed by atoms with E-state index in [9.17, 15) is 8.78 Å². The number of alkyl halides is 2. The third kappa shape index (κ3) is 3.51. The van der Waals surface area contributed by atoms with Gasteiger partial charge in [-0.1, -0.05) is 30.8 Å². The number of benzene rings is 1.